The number of aromatic hydroxyl groups is 1. The molecule has 1 amide bonds. The number of carbonyl (C=O) groups is 1. The number of nitrogens with one attached hydrogen (secondary N) is 1. The predicted molar refractivity (Wildman–Crippen MR) is 114 cm³/mol. The van der Waals surface area contributed by atoms with E-state index in [2.05, 4.69) is 5.32 Å². The van der Waals surface area contributed by atoms with Crippen LogP contribution in [0.4, 0.5) is 5.69 Å². The second-order valence-electron chi connectivity index (χ2n) is 6.35. The van der Waals surface area contributed by atoms with E-state index < -0.39 is 5.91 Å². The molecule has 0 unspecified atom stereocenters. The van der Waals surface area contributed by atoms with Gasteiger partial charge in [-0.1, -0.05) is 30.3 Å². The number of phenolic OH excluding ortho intramolecular Hbond substituents is 1. The van der Waals surface area contributed by atoms with Gasteiger partial charge in [-0.3, -0.25) is 4.79 Å². The van der Waals surface area contributed by atoms with Gasteiger partial charge in [-0.05, 0) is 48.0 Å². The third-order valence-corrected chi connectivity index (χ3v) is 4.25. The van der Waals surface area contributed by atoms with Crippen LogP contribution in [0.3, 0.4) is 0 Å². The van der Waals surface area contributed by atoms with E-state index in [1.807, 2.05) is 36.4 Å². The zero-order valence-corrected chi connectivity index (χ0v) is 16.3. The normalized spacial score (nSPS) is 10.7. The van der Waals surface area contributed by atoms with Crippen LogP contribution in [-0.2, 0) is 11.4 Å². The molecule has 6 nitrogen and oxygen atoms in total. The smallest absolute Gasteiger partial charge is 0.266 e. The van der Waals surface area contributed by atoms with E-state index in [1.165, 1.54) is 18.2 Å². The maximum atomic E-state index is 12.5. The lowest BCUT2D eigenvalue weighted by molar-refractivity contribution is -0.112. The van der Waals surface area contributed by atoms with Crippen LogP contribution in [0.5, 0.6) is 17.2 Å². The zero-order chi connectivity index (χ0) is 21.3. The Kier molecular flexibility index (Phi) is 6.70. The highest BCUT2D eigenvalue weighted by Gasteiger charge is 2.12. The maximum absolute atomic E-state index is 12.5. The Balaban J connectivity index is 1.84. The van der Waals surface area contributed by atoms with Crippen molar-refractivity contribution in [2.45, 2.75) is 6.61 Å². The van der Waals surface area contributed by atoms with Crippen molar-refractivity contribution in [3.8, 4) is 23.3 Å². The van der Waals surface area contributed by atoms with Crippen molar-refractivity contribution in [3.63, 3.8) is 0 Å². The highest BCUT2D eigenvalue weighted by Crippen LogP contribution is 2.28. The van der Waals surface area contributed by atoms with Gasteiger partial charge in [0.05, 0.1) is 7.11 Å². The van der Waals surface area contributed by atoms with Crippen LogP contribution in [-0.4, -0.2) is 18.1 Å². The number of hydrogen-bond acceptors (Lipinski definition) is 5. The number of carbonyl (C=O) groups excluding carboxylic acids is 1. The fourth-order valence-corrected chi connectivity index (χ4v) is 2.67. The molecule has 0 fully saturated rings. The molecule has 0 saturated heterocycles. The number of hydrogen-bond donors (Lipinski definition) is 2. The van der Waals surface area contributed by atoms with E-state index in [0.29, 0.717) is 29.4 Å². The summed E-state index contributed by atoms with van der Waals surface area (Å²) in [7, 11) is 1.55. The molecule has 0 bridgehead atoms. The predicted octanol–water partition coefficient (Wildman–Crippen LogP) is 4.53. The summed E-state index contributed by atoms with van der Waals surface area (Å²) in [5, 5.41) is 21.5. The average Bonchev–Trinajstić information content (AvgIpc) is 2.78. The van der Waals surface area contributed by atoms with E-state index in [1.54, 1.807) is 37.4 Å². The summed E-state index contributed by atoms with van der Waals surface area (Å²) in [6.07, 6.45) is 1.47. The van der Waals surface area contributed by atoms with Gasteiger partial charge in [0.25, 0.3) is 5.91 Å². The molecular formula is C24H20N2O4. The van der Waals surface area contributed by atoms with Gasteiger partial charge in [-0.15, -0.1) is 0 Å². The first kappa shape index (κ1) is 20.5. The summed E-state index contributed by atoms with van der Waals surface area (Å²) >= 11 is 0. The molecule has 0 aliphatic carbocycles. The number of benzene rings is 3. The Hall–Kier alpha value is -4.24. The van der Waals surface area contributed by atoms with E-state index in [-0.39, 0.29) is 11.3 Å². The highest BCUT2D eigenvalue weighted by molar-refractivity contribution is 6.09. The molecule has 30 heavy (non-hydrogen) atoms. The van der Waals surface area contributed by atoms with Gasteiger partial charge in [0.15, 0.2) is 0 Å². The summed E-state index contributed by atoms with van der Waals surface area (Å²) in [5.74, 6) is 0.612. The number of anilines is 1. The third kappa shape index (κ3) is 5.40. The van der Waals surface area contributed by atoms with E-state index in [4.69, 9.17) is 9.47 Å². The van der Waals surface area contributed by atoms with Crippen molar-refractivity contribution in [1.82, 2.24) is 0 Å². The van der Waals surface area contributed by atoms with Crippen molar-refractivity contribution >= 4 is 17.7 Å². The fourth-order valence-electron chi connectivity index (χ4n) is 2.67. The van der Waals surface area contributed by atoms with Crippen molar-refractivity contribution in [3.05, 3.63) is 89.5 Å². The monoisotopic (exact) mass is 400 g/mol. The molecule has 6 heteroatoms. The van der Waals surface area contributed by atoms with Crippen LogP contribution in [0.2, 0.25) is 0 Å². The first-order valence-electron chi connectivity index (χ1n) is 9.16. The Morgan fingerprint density at radius 2 is 1.83 bits per heavy atom. The van der Waals surface area contributed by atoms with Gasteiger partial charge in [-0.25, -0.2) is 0 Å². The Morgan fingerprint density at radius 3 is 2.50 bits per heavy atom. The first-order chi connectivity index (χ1) is 14.6. The SMILES string of the molecule is COc1ccc(/C=C(\C#N)C(=O)Nc2ccc(O)cc2)c(OCc2ccccc2)c1. The Morgan fingerprint density at radius 1 is 1.10 bits per heavy atom. The quantitative estimate of drug-likeness (QED) is 0.345. The van der Waals surface area contributed by atoms with Crippen LogP contribution < -0.4 is 14.8 Å². The fraction of sp³-hybridized carbons (Fsp3) is 0.0833. The van der Waals surface area contributed by atoms with Crippen molar-refractivity contribution < 1.29 is 19.4 Å². The van der Waals surface area contributed by atoms with Crippen molar-refractivity contribution in [1.29, 1.82) is 5.26 Å². The molecule has 0 saturated carbocycles. The van der Waals surface area contributed by atoms with Crippen LogP contribution >= 0.6 is 0 Å². The first-order valence-corrected chi connectivity index (χ1v) is 9.16. The Labute approximate surface area is 174 Å². The summed E-state index contributed by atoms with van der Waals surface area (Å²) < 4.78 is 11.2. The van der Waals surface area contributed by atoms with Crippen LogP contribution in [0, 0.1) is 11.3 Å². The molecule has 0 radical (unpaired) electrons. The van der Waals surface area contributed by atoms with Gasteiger partial charge in [0.1, 0.15) is 35.5 Å². The molecule has 0 aromatic heterocycles. The van der Waals surface area contributed by atoms with E-state index in [9.17, 15) is 15.2 Å². The largest absolute Gasteiger partial charge is 0.508 e. The lowest BCUT2D eigenvalue weighted by atomic mass is 10.1. The maximum Gasteiger partial charge on any atom is 0.266 e. The van der Waals surface area contributed by atoms with Gasteiger partial charge >= 0.3 is 0 Å². The van der Waals surface area contributed by atoms with E-state index in [0.717, 1.165) is 5.56 Å². The van der Waals surface area contributed by atoms with Gasteiger partial charge in [0, 0.05) is 17.3 Å². The molecule has 3 aromatic rings. The number of nitrogens with zero attached hydrogens (tertiary/aromatic N) is 1. The van der Waals surface area contributed by atoms with Crippen molar-refractivity contribution in [2.75, 3.05) is 12.4 Å². The third-order valence-electron chi connectivity index (χ3n) is 4.25. The average molecular weight is 400 g/mol. The number of ether oxygens (including phenoxy) is 2. The van der Waals surface area contributed by atoms with Gasteiger partial charge < -0.3 is 19.9 Å². The minimum atomic E-state index is -0.562. The molecule has 3 aromatic carbocycles. The minimum Gasteiger partial charge on any atom is -0.508 e. The molecule has 150 valence electrons. The second kappa shape index (κ2) is 9.80. The molecular weight excluding hydrogens is 380 g/mol. The Bertz CT molecular complexity index is 1080. The number of nitriles is 1. The number of methoxy groups -OCH3 is 1. The topological polar surface area (TPSA) is 91.6 Å². The van der Waals surface area contributed by atoms with Crippen LogP contribution in [0.15, 0.2) is 78.4 Å². The van der Waals surface area contributed by atoms with Gasteiger partial charge in [-0.2, -0.15) is 5.26 Å². The molecule has 0 atom stereocenters. The zero-order valence-electron chi connectivity index (χ0n) is 16.3. The second-order valence-corrected chi connectivity index (χ2v) is 6.35. The summed E-state index contributed by atoms with van der Waals surface area (Å²) in [6, 6.07) is 22.7. The highest BCUT2D eigenvalue weighted by atomic mass is 16.5. The number of rotatable bonds is 7. The molecule has 3 rings (SSSR count). The lowest BCUT2D eigenvalue weighted by Gasteiger charge is -2.12. The summed E-state index contributed by atoms with van der Waals surface area (Å²) in [4.78, 5) is 12.5. The molecule has 0 heterocycles. The number of amides is 1. The number of phenols is 1. The standard InChI is InChI=1S/C24H20N2O4/c1-29-22-12-7-18(23(14-22)30-16-17-5-3-2-4-6-17)13-19(15-25)24(28)26-20-8-10-21(27)11-9-20/h2-14,27H,16H2,1H3,(H,26,28)/b19-13+. The minimum absolute atomic E-state index is 0.0854. The van der Waals surface area contributed by atoms with Crippen LogP contribution in [0.25, 0.3) is 6.08 Å². The van der Waals surface area contributed by atoms with Crippen LogP contribution in [0.1, 0.15) is 11.1 Å². The van der Waals surface area contributed by atoms with Gasteiger partial charge in [0.2, 0.25) is 0 Å². The molecule has 0 aliphatic rings. The van der Waals surface area contributed by atoms with Crippen molar-refractivity contribution in [2.24, 2.45) is 0 Å². The molecule has 0 spiro atoms. The molecule has 2 N–H and O–H groups in total. The summed E-state index contributed by atoms with van der Waals surface area (Å²) in [5.41, 5.74) is 1.94. The molecule has 0 aliphatic heterocycles. The lowest BCUT2D eigenvalue weighted by Crippen LogP contribution is -2.13. The van der Waals surface area contributed by atoms with E-state index >= 15 is 0 Å². The summed E-state index contributed by atoms with van der Waals surface area (Å²) in [6.45, 7) is 0.330.